The summed E-state index contributed by atoms with van der Waals surface area (Å²) in [6.45, 7) is 8.05. The van der Waals surface area contributed by atoms with Crippen LogP contribution in [-0.4, -0.2) is 45.2 Å². The maximum absolute atomic E-state index is 11.7. The molecular weight excluding hydrogens is 350 g/mol. The molecule has 140 valence electrons. The van der Waals surface area contributed by atoms with E-state index in [-0.39, 0.29) is 11.8 Å². The van der Waals surface area contributed by atoms with Crippen LogP contribution in [-0.2, 0) is 30.7 Å². The highest BCUT2D eigenvalue weighted by Crippen LogP contribution is 2.15. The van der Waals surface area contributed by atoms with Crippen LogP contribution in [0.15, 0.2) is 24.3 Å². The maximum atomic E-state index is 11.7. The van der Waals surface area contributed by atoms with Crippen LogP contribution >= 0.6 is 11.6 Å². The van der Waals surface area contributed by atoms with Crippen molar-refractivity contribution >= 4 is 17.5 Å². The molecule has 0 unspecified atom stereocenters. The van der Waals surface area contributed by atoms with Crippen LogP contribution in [0.3, 0.4) is 0 Å². The number of aromatic nitrogens is 3. The minimum Gasteiger partial charge on any atom is -0.355 e. The van der Waals surface area contributed by atoms with E-state index in [1.165, 1.54) is 5.56 Å². The number of nitrogens with one attached hydrogen (secondary N) is 1. The van der Waals surface area contributed by atoms with Crippen LogP contribution < -0.4 is 5.32 Å². The van der Waals surface area contributed by atoms with Crippen molar-refractivity contribution in [3.8, 4) is 0 Å². The average molecular weight is 376 g/mol. The lowest BCUT2D eigenvalue weighted by Gasteiger charge is -2.19. The molecule has 2 heterocycles. The fourth-order valence-corrected chi connectivity index (χ4v) is 3.38. The van der Waals surface area contributed by atoms with Gasteiger partial charge in [0.25, 0.3) is 0 Å². The van der Waals surface area contributed by atoms with Crippen LogP contribution in [0.2, 0.25) is 5.02 Å². The van der Waals surface area contributed by atoms with Gasteiger partial charge in [-0.25, -0.2) is 0 Å². The number of rotatable bonds is 6. The number of nitrogens with zero attached hydrogens (tertiary/aromatic N) is 4. The molecule has 26 heavy (non-hydrogen) atoms. The summed E-state index contributed by atoms with van der Waals surface area (Å²) in [6.07, 6.45) is 1.59. The quantitative estimate of drug-likeness (QED) is 0.841. The number of benzene rings is 1. The molecule has 7 heteroatoms. The Balaban J connectivity index is 1.56. The first-order valence-corrected chi connectivity index (χ1v) is 9.56. The average Bonchev–Trinajstić information content (AvgIpc) is 2.88. The van der Waals surface area contributed by atoms with Crippen molar-refractivity contribution in [1.29, 1.82) is 0 Å². The molecule has 1 aromatic heterocycles. The zero-order chi connectivity index (χ0) is 18.5. The Morgan fingerprint density at radius 2 is 2.12 bits per heavy atom. The van der Waals surface area contributed by atoms with Gasteiger partial charge in [0, 0.05) is 56.5 Å². The molecule has 6 nitrogen and oxygen atoms in total. The lowest BCUT2D eigenvalue weighted by molar-refractivity contribution is -0.123. The van der Waals surface area contributed by atoms with Crippen LogP contribution in [0.5, 0.6) is 0 Å². The Labute approximate surface area is 159 Å². The molecule has 1 N–H and O–H groups in total. The van der Waals surface area contributed by atoms with E-state index in [0.29, 0.717) is 13.0 Å². The van der Waals surface area contributed by atoms with Crippen LogP contribution in [0.1, 0.15) is 31.1 Å². The summed E-state index contributed by atoms with van der Waals surface area (Å²) < 4.78 is 2.21. The third-order valence-electron chi connectivity index (χ3n) is 4.66. The molecule has 2 aromatic rings. The van der Waals surface area contributed by atoms with Gasteiger partial charge in [-0.15, -0.1) is 10.2 Å². The number of halogens is 1. The van der Waals surface area contributed by atoms with Crippen molar-refractivity contribution in [3.63, 3.8) is 0 Å². The molecule has 1 aliphatic heterocycles. The standard InChI is InChI=1S/C19H26ClN5O/c1-14(2)19(26)21-8-6-17-22-23-18-7-9-24(10-11-25(17)18)13-15-4-3-5-16(20)12-15/h3-5,12,14H,6-11,13H2,1-2H3,(H,21,26). The highest BCUT2D eigenvalue weighted by atomic mass is 35.5. The largest absolute Gasteiger partial charge is 0.355 e. The highest BCUT2D eigenvalue weighted by Gasteiger charge is 2.19. The number of carbonyl (C=O) groups is 1. The van der Waals surface area contributed by atoms with E-state index >= 15 is 0 Å². The van der Waals surface area contributed by atoms with Gasteiger partial charge in [0.2, 0.25) is 5.91 Å². The lowest BCUT2D eigenvalue weighted by Crippen LogP contribution is -2.30. The van der Waals surface area contributed by atoms with Crippen LogP contribution in [0.25, 0.3) is 0 Å². The number of hydrogen-bond acceptors (Lipinski definition) is 4. The zero-order valence-corrected chi connectivity index (χ0v) is 16.2. The second kappa shape index (κ2) is 8.64. The molecule has 0 radical (unpaired) electrons. The van der Waals surface area contributed by atoms with Gasteiger partial charge in [-0.2, -0.15) is 0 Å². The fourth-order valence-electron chi connectivity index (χ4n) is 3.17. The van der Waals surface area contributed by atoms with Crippen molar-refractivity contribution in [1.82, 2.24) is 25.0 Å². The van der Waals surface area contributed by atoms with Gasteiger partial charge >= 0.3 is 0 Å². The normalized spacial score (nSPS) is 14.9. The Bertz CT molecular complexity index is 758. The third-order valence-corrected chi connectivity index (χ3v) is 4.90. The van der Waals surface area contributed by atoms with Crippen molar-refractivity contribution in [3.05, 3.63) is 46.5 Å². The maximum Gasteiger partial charge on any atom is 0.222 e. The van der Waals surface area contributed by atoms with E-state index in [0.717, 1.165) is 49.3 Å². The molecule has 0 atom stereocenters. The molecular formula is C19H26ClN5O. The number of fused-ring (bicyclic) bond motifs is 1. The van der Waals surface area contributed by atoms with Gasteiger partial charge in [-0.3, -0.25) is 9.69 Å². The highest BCUT2D eigenvalue weighted by molar-refractivity contribution is 6.30. The molecule has 3 rings (SSSR count). The summed E-state index contributed by atoms with van der Waals surface area (Å²) in [5.74, 6) is 2.07. The molecule has 0 aliphatic carbocycles. The van der Waals surface area contributed by atoms with Crippen molar-refractivity contribution < 1.29 is 4.79 Å². The lowest BCUT2D eigenvalue weighted by atomic mass is 10.2. The van der Waals surface area contributed by atoms with E-state index in [2.05, 4.69) is 31.0 Å². The Morgan fingerprint density at radius 3 is 2.88 bits per heavy atom. The van der Waals surface area contributed by atoms with Gasteiger partial charge in [0.1, 0.15) is 11.6 Å². The van der Waals surface area contributed by atoms with Gasteiger partial charge in [-0.05, 0) is 17.7 Å². The Kier molecular flexibility index (Phi) is 6.27. The summed E-state index contributed by atoms with van der Waals surface area (Å²) in [4.78, 5) is 14.1. The monoisotopic (exact) mass is 375 g/mol. The third kappa shape index (κ3) is 4.83. The van der Waals surface area contributed by atoms with Gasteiger partial charge < -0.3 is 9.88 Å². The molecule has 1 aromatic carbocycles. The molecule has 0 fully saturated rings. The topological polar surface area (TPSA) is 63.1 Å². The van der Waals surface area contributed by atoms with E-state index in [1.807, 2.05) is 32.0 Å². The van der Waals surface area contributed by atoms with Crippen LogP contribution in [0, 0.1) is 5.92 Å². The summed E-state index contributed by atoms with van der Waals surface area (Å²) in [6, 6.07) is 8.03. The number of amides is 1. The SMILES string of the molecule is CC(C)C(=O)NCCc1nnc2n1CCN(Cc1cccc(Cl)c1)CC2. The smallest absolute Gasteiger partial charge is 0.222 e. The van der Waals surface area contributed by atoms with E-state index in [1.54, 1.807) is 0 Å². The predicted molar refractivity (Wildman–Crippen MR) is 102 cm³/mol. The van der Waals surface area contributed by atoms with E-state index in [9.17, 15) is 4.79 Å². The number of hydrogen-bond donors (Lipinski definition) is 1. The summed E-state index contributed by atoms with van der Waals surface area (Å²) in [5, 5.41) is 12.4. The molecule has 1 aliphatic rings. The first kappa shape index (κ1) is 18.9. The molecule has 0 spiro atoms. The van der Waals surface area contributed by atoms with E-state index in [4.69, 9.17) is 11.6 Å². The first-order valence-electron chi connectivity index (χ1n) is 9.18. The van der Waals surface area contributed by atoms with Gasteiger partial charge in [0.05, 0.1) is 0 Å². The van der Waals surface area contributed by atoms with E-state index < -0.39 is 0 Å². The molecule has 0 bridgehead atoms. The van der Waals surface area contributed by atoms with Gasteiger partial charge in [-0.1, -0.05) is 37.6 Å². The second-order valence-electron chi connectivity index (χ2n) is 7.04. The molecule has 0 saturated heterocycles. The van der Waals surface area contributed by atoms with Gasteiger partial charge in [0.15, 0.2) is 0 Å². The fraction of sp³-hybridized carbons (Fsp3) is 0.526. The van der Waals surface area contributed by atoms with Crippen molar-refractivity contribution in [2.75, 3.05) is 19.6 Å². The Hall–Kier alpha value is -1.92. The molecule has 0 saturated carbocycles. The predicted octanol–water partition coefficient (Wildman–Crippen LogP) is 2.30. The Morgan fingerprint density at radius 1 is 1.27 bits per heavy atom. The summed E-state index contributed by atoms with van der Waals surface area (Å²) >= 11 is 6.09. The minimum absolute atomic E-state index is 0.00515. The number of carbonyl (C=O) groups excluding carboxylic acids is 1. The molecule has 1 amide bonds. The van der Waals surface area contributed by atoms with Crippen LogP contribution in [0.4, 0.5) is 0 Å². The van der Waals surface area contributed by atoms with Crippen molar-refractivity contribution in [2.24, 2.45) is 5.92 Å². The van der Waals surface area contributed by atoms with Crippen molar-refractivity contribution in [2.45, 2.75) is 39.8 Å². The second-order valence-corrected chi connectivity index (χ2v) is 7.47. The summed E-state index contributed by atoms with van der Waals surface area (Å²) in [7, 11) is 0. The first-order chi connectivity index (χ1) is 12.5. The summed E-state index contributed by atoms with van der Waals surface area (Å²) in [5.41, 5.74) is 1.23. The zero-order valence-electron chi connectivity index (χ0n) is 15.4. The minimum atomic E-state index is 0.00515.